The number of rotatable bonds is 5. The van der Waals surface area contributed by atoms with E-state index in [4.69, 9.17) is 10.2 Å². The molecule has 1 aromatic heterocycles. The van der Waals surface area contributed by atoms with Gasteiger partial charge >= 0.3 is 0 Å². The van der Waals surface area contributed by atoms with Gasteiger partial charge in [0.1, 0.15) is 5.76 Å². The van der Waals surface area contributed by atoms with E-state index in [0.29, 0.717) is 6.54 Å². The molecule has 0 aliphatic carbocycles. The fourth-order valence-electron chi connectivity index (χ4n) is 1.47. The topological polar surface area (TPSA) is 39.2 Å². The number of thioether (sulfide) groups is 1. The third-order valence-corrected chi connectivity index (χ3v) is 3.35. The van der Waals surface area contributed by atoms with Crippen LogP contribution in [0.25, 0.3) is 0 Å². The smallest absolute Gasteiger partial charge is 0.113 e. The van der Waals surface area contributed by atoms with Crippen molar-refractivity contribution < 1.29 is 4.42 Å². The molecule has 84 valence electrons. The highest BCUT2D eigenvalue weighted by atomic mass is 32.2. The van der Waals surface area contributed by atoms with Gasteiger partial charge in [0.15, 0.2) is 0 Å². The summed E-state index contributed by atoms with van der Waals surface area (Å²) in [4.78, 5) is 1.26. The summed E-state index contributed by atoms with van der Waals surface area (Å²) < 4.78 is 5.28. The first kappa shape index (κ1) is 11.3. The largest absolute Gasteiger partial charge is 0.468 e. The highest BCUT2D eigenvalue weighted by Crippen LogP contribution is 2.23. The Morgan fingerprint density at radius 3 is 2.56 bits per heavy atom. The Labute approximate surface area is 99.8 Å². The van der Waals surface area contributed by atoms with Crippen molar-refractivity contribution in [3.05, 3.63) is 54.0 Å². The molecule has 1 heterocycles. The lowest BCUT2D eigenvalue weighted by atomic mass is 10.2. The molecule has 2 aromatic rings. The van der Waals surface area contributed by atoms with Crippen LogP contribution < -0.4 is 5.73 Å². The molecule has 3 heteroatoms. The van der Waals surface area contributed by atoms with E-state index >= 15 is 0 Å². The standard InChI is InChI=1S/C13H15NOS/c14-8-7-11-3-5-13(6-4-11)16-10-12-2-1-9-15-12/h1-6,9H,7-8,10,14H2. The fraction of sp³-hybridized carbons (Fsp3) is 0.231. The molecule has 0 aliphatic rings. The fourth-order valence-corrected chi connectivity index (χ4v) is 2.27. The number of nitrogens with two attached hydrogens (primary N) is 1. The van der Waals surface area contributed by atoms with Crippen molar-refractivity contribution in [2.75, 3.05) is 6.54 Å². The van der Waals surface area contributed by atoms with Crippen LogP contribution in [0.4, 0.5) is 0 Å². The van der Waals surface area contributed by atoms with E-state index < -0.39 is 0 Å². The van der Waals surface area contributed by atoms with Crippen LogP contribution >= 0.6 is 11.8 Å². The van der Waals surface area contributed by atoms with Gasteiger partial charge in [0.2, 0.25) is 0 Å². The number of hydrogen-bond acceptors (Lipinski definition) is 3. The molecule has 2 N–H and O–H groups in total. The average Bonchev–Trinajstić information content (AvgIpc) is 2.82. The molecule has 0 amide bonds. The van der Waals surface area contributed by atoms with Crippen LogP contribution in [0.1, 0.15) is 11.3 Å². The van der Waals surface area contributed by atoms with Crippen LogP contribution in [0.15, 0.2) is 52.0 Å². The summed E-state index contributed by atoms with van der Waals surface area (Å²) >= 11 is 1.78. The Morgan fingerprint density at radius 2 is 1.94 bits per heavy atom. The molecule has 0 radical (unpaired) electrons. The summed E-state index contributed by atoms with van der Waals surface area (Å²) in [6.45, 7) is 0.707. The summed E-state index contributed by atoms with van der Waals surface area (Å²) in [6, 6.07) is 12.5. The zero-order chi connectivity index (χ0) is 11.2. The maximum atomic E-state index is 5.50. The van der Waals surface area contributed by atoms with Crippen LogP contribution in [0.3, 0.4) is 0 Å². The summed E-state index contributed by atoms with van der Waals surface area (Å²) in [7, 11) is 0. The summed E-state index contributed by atoms with van der Waals surface area (Å²) in [5.41, 5.74) is 6.80. The Bertz CT molecular complexity index is 408. The molecule has 2 nitrogen and oxygen atoms in total. The first-order valence-electron chi connectivity index (χ1n) is 5.32. The molecule has 0 atom stereocenters. The number of furan rings is 1. The predicted octanol–water partition coefficient (Wildman–Crippen LogP) is 3.07. The first-order valence-corrected chi connectivity index (χ1v) is 6.31. The third-order valence-electron chi connectivity index (χ3n) is 2.32. The van der Waals surface area contributed by atoms with Gasteiger partial charge in [0.25, 0.3) is 0 Å². The Hall–Kier alpha value is -1.19. The van der Waals surface area contributed by atoms with Crippen molar-refractivity contribution in [2.45, 2.75) is 17.1 Å². The van der Waals surface area contributed by atoms with Gasteiger partial charge in [-0.3, -0.25) is 0 Å². The number of hydrogen-bond donors (Lipinski definition) is 1. The van der Waals surface area contributed by atoms with E-state index in [-0.39, 0.29) is 0 Å². The van der Waals surface area contributed by atoms with Gasteiger partial charge in [0, 0.05) is 4.90 Å². The van der Waals surface area contributed by atoms with Crippen LogP contribution in [-0.2, 0) is 12.2 Å². The Kier molecular flexibility index (Phi) is 4.08. The second kappa shape index (κ2) is 5.77. The molecule has 0 unspecified atom stereocenters. The van der Waals surface area contributed by atoms with E-state index in [1.807, 2.05) is 12.1 Å². The molecule has 1 aromatic carbocycles. The quantitative estimate of drug-likeness (QED) is 0.807. The van der Waals surface area contributed by atoms with Gasteiger partial charge in [-0.05, 0) is 42.8 Å². The van der Waals surface area contributed by atoms with Gasteiger partial charge in [0.05, 0.1) is 12.0 Å². The molecule has 2 rings (SSSR count). The number of benzene rings is 1. The highest BCUT2D eigenvalue weighted by molar-refractivity contribution is 7.98. The molecule has 16 heavy (non-hydrogen) atoms. The van der Waals surface area contributed by atoms with E-state index in [1.165, 1.54) is 10.5 Å². The van der Waals surface area contributed by atoms with Crippen molar-refractivity contribution in [3.8, 4) is 0 Å². The lowest BCUT2D eigenvalue weighted by Crippen LogP contribution is -2.02. The Morgan fingerprint density at radius 1 is 1.12 bits per heavy atom. The minimum atomic E-state index is 0.707. The highest BCUT2D eigenvalue weighted by Gasteiger charge is 1.98. The SMILES string of the molecule is NCCc1ccc(SCc2ccco2)cc1. The molecular weight excluding hydrogens is 218 g/mol. The van der Waals surface area contributed by atoms with Crippen molar-refractivity contribution in [1.82, 2.24) is 0 Å². The molecule has 0 spiro atoms. The summed E-state index contributed by atoms with van der Waals surface area (Å²) in [5.74, 6) is 1.89. The maximum absolute atomic E-state index is 5.50. The van der Waals surface area contributed by atoms with E-state index in [2.05, 4.69) is 24.3 Å². The minimum Gasteiger partial charge on any atom is -0.468 e. The van der Waals surface area contributed by atoms with Gasteiger partial charge in [-0.2, -0.15) is 0 Å². The average molecular weight is 233 g/mol. The van der Waals surface area contributed by atoms with Crippen molar-refractivity contribution in [2.24, 2.45) is 5.73 Å². The molecule has 0 bridgehead atoms. The van der Waals surface area contributed by atoms with Crippen molar-refractivity contribution in [1.29, 1.82) is 0 Å². The van der Waals surface area contributed by atoms with E-state index in [1.54, 1.807) is 18.0 Å². The van der Waals surface area contributed by atoms with Gasteiger partial charge in [-0.1, -0.05) is 12.1 Å². The van der Waals surface area contributed by atoms with Gasteiger partial charge in [-0.15, -0.1) is 11.8 Å². The second-order valence-corrected chi connectivity index (χ2v) is 4.60. The molecular formula is C13H15NOS. The van der Waals surface area contributed by atoms with Crippen molar-refractivity contribution in [3.63, 3.8) is 0 Å². The van der Waals surface area contributed by atoms with E-state index in [0.717, 1.165) is 17.9 Å². The zero-order valence-electron chi connectivity index (χ0n) is 9.06. The van der Waals surface area contributed by atoms with Crippen LogP contribution in [-0.4, -0.2) is 6.54 Å². The molecule has 0 fully saturated rings. The normalized spacial score (nSPS) is 10.6. The van der Waals surface area contributed by atoms with Gasteiger partial charge in [-0.25, -0.2) is 0 Å². The third kappa shape index (κ3) is 3.15. The lowest BCUT2D eigenvalue weighted by Gasteiger charge is -2.02. The Balaban J connectivity index is 1.90. The van der Waals surface area contributed by atoms with Crippen molar-refractivity contribution >= 4 is 11.8 Å². The second-order valence-electron chi connectivity index (χ2n) is 3.55. The van der Waals surface area contributed by atoms with Crippen LogP contribution in [0.2, 0.25) is 0 Å². The minimum absolute atomic E-state index is 0.707. The van der Waals surface area contributed by atoms with Crippen LogP contribution in [0, 0.1) is 0 Å². The monoisotopic (exact) mass is 233 g/mol. The molecule has 0 saturated carbocycles. The summed E-state index contributed by atoms with van der Waals surface area (Å²) in [5, 5.41) is 0. The van der Waals surface area contributed by atoms with Crippen LogP contribution in [0.5, 0.6) is 0 Å². The molecule has 0 aliphatic heterocycles. The lowest BCUT2D eigenvalue weighted by molar-refractivity contribution is 0.530. The molecule has 0 saturated heterocycles. The maximum Gasteiger partial charge on any atom is 0.113 e. The van der Waals surface area contributed by atoms with E-state index in [9.17, 15) is 0 Å². The zero-order valence-corrected chi connectivity index (χ0v) is 9.87. The summed E-state index contributed by atoms with van der Waals surface area (Å²) in [6.07, 6.45) is 2.66. The first-order chi connectivity index (χ1) is 7.88. The predicted molar refractivity (Wildman–Crippen MR) is 67.5 cm³/mol. The van der Waals surface area contributed by atoms with Gasteiger partial charge < -0.3 is 10.2 Å².